The predicted octanol–water partition coefficient (Wildman–Crippen LogP) is 2.40. The lowest BCUT2D eigenvalue weighted by Crippen LogP contribution is -2.20. The van der Waals surface area contributed by atoms with Crippen LogP contribution in [-0.2, 0) is 0 Å². The van der Waals surface area contributed by atoms with E-state index in [-0.39, 0.29) is 5.88 Å². The molecule has 0 aliphatic heterocycles. The number of anilines is 1. The van der Waals surface area contributed by atoms with Crippen molar-refractivity contribution in [3.8, 4) is 0 Å². The zero-order chi connectivity index (χ0) is 12.3. The molecule has 0 saturated heterocycles. The largest absolute Gasteiger partial charge is 0.390 e. The summed E-state index contributed by atoms with van der Waals surface area (Å²) in [5.74, 6) is 0.202. The van der Waals surface area contributed by atoms with E-state index in [4.69, 9.17) is 11.6 Å². The van der Waals surface area contributed by atoms with Crippen LogP contribution in [0.2, 0.25) is 0 Å². The number of aliphatic hydroxyl groups is 1. The van der Waals surface area contributed by atoms with Gasteiger partial charge in [-0.25, -0.2) is 0 Å². The lowest BCUT2D eigenvalue weighted by Gasteiger charge is -2.11. The van der Waals surface area contributed by atoms with E-state index in [1.165, 1.54) is 0 Å². The second-order valence-electron chi connectivity index (χ2n) is 3.54. The molecular formula is C11H11BrClN3O. The topological polar surface area (TPSA) is 58.0 Å². The average molecular weight is 317 g/mol. The number of rotatable bonds is 4. The summed E-state index contributed by atoms with van der Waals surface area (Å²) >= 11 is 8.96. The first-order valence-electron chi connectivity index (χ1n) is 5.09. The number of nitrogens with zero attached hydrogens (tertiary/aromatic N) is 2. The number of hydrogen-bond donors (Lipinski definition) is 2. The summed E-state index contributed by atoms with van der Waals surface area (Å²) in [5.41, 5.74) is 2.39. The number of fused-ring (bicyclic) bond motifs is 1. The molecule has 1 heterocycles. The summed E-state index contributed by atoms with van der Waals surface area (Å²) < 4.78 is 0.893. The van der Waals surface area contributed by atoms with Crippen molar-refractivity contribution in [2.24, 2.45) is 0 Å². The summed E-state index contributed by atoms with van der Waals surface area (Å²) in [4.78, 5) is 8.53. The Hall–Kier alpha value is -0.910. The molecule has 0 radical (unpaired) electrons. The average Bonchev–Trinajstić information content (AvgIpc) is 2.38. The normalized spacial score (nSPS) is 12.6. The maximum Gasteiger partial charge on any atom is 0.113 e. The standard InChI is InChI=1S/C11H11BrClN3O/c12-8-1-2-9(16-6-7(17)5-13)11-10(8)14-3-4-15-11/h1-4,7,16-17H,5-6H2. The maximum atomic E-state index is 9.41. The summed E-state index contributed by atoms with van der Waals surface area (Å²) in [6, 6.07) is 3.79. The molecule has 0 aliphatic rings. The first-order valence-corrected chi connectivity index (χ1v) is 6.42. The van der Waals surface area contributed by atoms with Gasteiger partial charge in [0.05, 0.1) is 17.7 Å². The predicted molar refractivity (Wildman–Crippen MR) is 72.5 cm³/mol. The molecule has 2 rings (SSSR count). The van der Waals surface area contributed by atoms with Gasteiger partial charge in [0.1, 0.15) is 11.0 Å². The zero-order valence-corrected chi connectivity index (χ0v) is 11.2. The molecule has 1 atom stereocenters. The van der Waals surface area contributed by atoms with Crippen molar-refractivity contribution in [3.05, 3.63) is 29.0 Å². The van der Waals surface area contributed by atoms with E-state index in [0.29, 0.717) is 6.54 Å². The van der Waals surface area contributed by atoms with Crippen LogP contribution in [0.3, 0.4) is 0 Å². The van der Waals surface area contributed by atoms with E-state index in [9.17, 15) is 5.11 Å². The lowest BCUT2D eigenvalue weighted by molar-refractivity contribution is 0.211. The van der Waals surface area contributed by atoms with E-state index in [0.717, 1.165) is 21.2 Å². The van der Waals surface area contributed by atoms with Crippen LogP contribution < -0.4 is 5.32 Å². The second-order valence-corrected chi connectivity index (χ2v) is 4.70. The highest BCUT2D eigenvalue weighted by atomic mass is 79.9. The molecule has 0 amide bonds. The highest BCUT2D eigenvalue weighted by Gasteiger charge is 2.08. The van der Waals surface area contributed by atoms with Crippen LogP contribution in [-0.4, -0.2) is 33.6 Å². The Labute approximate surface area is 112 Å². The molecule has 6 heteroatoms. The fraction of sp³-hybridized carbons (Fsp3) is 0.273. The number of hydrogen-bond acceptors (Lipinski definition) is 4. The van der Waals surface area contributed by atoms with E-state index in [1.54, 1.807) is 12.4 Å². The minimum absolute atomic E-state index is 0.202. The molecule has 17 heavy (non-hydrogen) atoms. The molecule has 0 aliphatic carbocycles. The Balaban J connectivity index is 2.32. The number of alkyl halides is 1. The Bertz CT molecular complexity index is 523. The maximum absolute atomic E-state index is 9.41. The molecular weight excluding hydrogens is 305 g/mol. The van der Waals surface area contributed by atoms with E-state index < -0.39 is 6.10 Å². The van der Waals surface area contributed by atoms with Gasteiger partial charge in [0.15, 0.2) is 0 Å². The van der Waals surface area contributed by atoms with E-state index in [1.807, 2.05) is 12.1 Å². The summed E-state index contributed by atoms with van der Waals surface area (Å²) in [6.07, 6.45) is 2.70. The number of halogens is 2. The van der Waals surface area contributed by atoms with Crippen LogP contribution in [0.4, 0.5) is 5.69 Å². The van der Waals surface area contributed by atoms with Crippen molar-refractivity contribution in [1.29, 1.82) is 0 Å². The van der Waals surface area contributed by atoms with Gasteiger partial charge in [-0.3, -0.25) is 9.97 Å². The third kappa shape index (κ3) is 2.86. The molecule has 2 aromatic rings. The van der Waals surface area contributed by atoms with Gasteiger partial charge in [0.2, 0.25) is 0 Å². The van der Waals surface area contributed by atoms with Crippen molar-refractivity contribution in [3.63, 3.8) is 0 Å². The molecule has 4 nitrogen and oxygen atoms in total. The SMILES string of the molecule is OC(CCl)CNc1ccc(Br)c2nccnc12. The molecule has 1 unspecified atom stereocenters. The van der Waals surface area contributed by atoms with Crippen molar-refractivity contribution >= 4 is 44.3 Å². The van der Waals surface area contributed by atoms with Crippen molar-refractivity contribution in [2.45, 2.75) is 6.10 Å². The quantitative estimate of drug-likeness (QED) is 0.851. The van der Waals surface area contributed by atoms with Crippen LogP contribution in [0.5, 0.6) is 0 Å². The third-order valence-corrected chi connectivity index (χ3v) is 3.28. The Morgan fingerprint density at radius 1 is 1.29 bits per heavy atom. The fourth-order valence-electron chi connectivity index (χ4n) is 1.45. The minimum atomic E-state index is -0.577. The molecule has 90 valence electrons. The summed E-state index contributed by atoms with van der Waals surface area (Å²) in [6.45, 7) is 0.386. The molecule has 0 spiro atoms. The Kier molecular flexibility index (Phi) is 4.15. The van der Waals surface area contributed by atoms with Crippen LogP contribution >= 0.6 is 27.5 Å². The van der Waals surface area contributed by atoms with Gasteiger partial charge in [-0.15, -0.1) is 11.6 Å². The zero-order valence-electron chi connectivity index (χ0n) is 8.90. The van der Waals surface area contributed by atoms with Crippen LogP contribution in [0.25, 0.3) is 11.0 Å². The van der Waals surface area contributed by atoms with E-state index in [2.05, 4.69) is 31.2 Å². The number of aliphatic hydroxyl groups excluding tert-OH is 1. The number of aromatic nitrogens is 2. The summed E-state index contributed by atoms with van der Waals surface area (Å²) in [7, 11) is 0. The lowest BCUT2D eigenvalue weighted by atomic mass is 10.2. The smallest absolute Gasteiger partial charge is 0.113 e. The third-order valence-electron chi connectivity index (χ3n) is 2.28. The molecule has 0 saturated carbocycles. The Morgan fingerprint density at radius 3 is 2.71 bits per heavy atom. The monoisotopic (exact) mass is 315 g/mol. The Morgan fingerprint density at radius 2 is 2.00 bits per heavy atom. The van der Waals surface area contributed by atoms with E-state index >= 15 is 0 Å². The van der Waals surface area contributed by atoms with Crippen molar-refractivity contribution in [2.75, 3.05) is 17.7 Å². The molecule has 2 N–H and O–H groups in total. The highest BCUT2D eigenvalue weighted by Crippen LogP contribution is 2.26. The van der Waals surface area contributed by atoms with Crippen molar-refractivity contribution < 1.29 is 5.11 Å². The van der Waals surface area contributed by atoms with Gasteiger partial charge in [0, 0.05) is 23.4 Å². The van der Waals surface area contributed by atoms with Crippen LogP contribution in [0.1, 0.15) is 0 Å². The fourth-order valence-corrected chi connectivity index (χ4v) is 1.98. The number of nitrogens with one attached hydrogen (secondary N) is 1. The van der Waals surface area contributed by atoms with Gasteiger partial charge in [0.25, 0.3) is 0 Å². The minimum Gasteiger partial charge on any atom is -0.390 e. The first kappa shape index (κ1) is 12.5. The number of benzene rings is 1. The van der Waals surface area contributed by atoms with Gasteiger partial charge in [-0.1, -0.05) is 0 Å². The van der Waals surface area contributed by atoms with Gasteiger partial charge in [-0.2, -0.15) is 0 Å². The second kappa shape index (κ2) is 5.62. The molecule has 0 fully saturated rings. The molecule has 1 aromatic heterocycles. The summed E-state index contributed by atoms with van der Waals surface area (Å²) in [5, 5.41) is 12.5. The highest BCUT2D eigenvalue weighted by molar-refractivity contribution is 9.10. The van der Waals surface area contributed by atoms with Gasteiger partial charge < -0.3 is 10.4 Å². The molecule has 0 bridgehead atoms. The first-order chi connectivity index (χ1) is 8.22. The van der Waals surface area contributed by atoms with Crippen LogP contribution in [0, 0.1) is 0 Å². The van der Waals surface area contributed by atoms with Gasteiger partial charge in [-0.05, 0) is 28.1 Å². The molecule has 1 aromatic carbocycles. The van der Waals surface area contributed by atoms with Crippen molar-refractivity contribution in [1.82, 2.24) is 9.97 Å². The van der Waals surface area contributed by atoms with Gasteiger partial charge >= 0.3 is 0 Å². The van der Waals surface area contributed by atoms with Crippen LogP contribution in [0.15, 0.2) is 29.0 Å².